The van der Waals surface area contributed by atoms with E-state index in [0.29, 0.717) is 6.04 Å². The van der Waals surface area contributed by atoms with Crippen molar-refractivity contribution >= 4 is 12.6 Å². The molecule has 1 saturated heterocycles. The van der Waals surface area contributed by atoms with Crippen molar-refractivity contribution in [1.29, 1.82) is 0 Å². The van der Waals surface area contributed by atoms with Gasteiger partial charge in [0.2, 0.25) is 0 Å². The molecule has 1 aliphatic heterocycles. The molecule has 3 nitrogen and oxygen atoms in total. The van der Waals surface area contributed by atoms with Crippen LogP contribution >= 0.6 is 0 Å². The Morgan fingerprint density at radius 3 is 2.00 bits per heavy atom. The van der Waals surface area contributed by atoms with Gasteiger partial charge in [-0.3, -0.25) is 0 Å². The van der Waals surface area contributed by atoms with Crippen molar-refractivity contribution < 1.29 is 9.31 Å². The third-order valence-electron chi connectivity index (χ3n) is 4.73. The fraction of sp³-hybridized carbons (Fsp3) is 0.625. The summed E-state index contributed by atoms with van der Waals surface area (Å²) in [5.74, 6) is 0. The summed E-state index contributed by atoms with van der Waals surface area (Å²) in [5, 5.41) is 0. The van der Waals surface area contributed by atoms with Crippen LogP contribution in [0.4, 0.5) is 0 Å². The van der Waals surface area contributed by atoms with Crippen molar-refractivity contribution in [1.82, 2.24) is 4.90 Å². The van der Waals surface area contributed by atoms with E-state index in [1.807, 2.05) is 6.07 Å². The zero-order chi connectivity index (χ0) is 15.1. The number of hydrogen-bond donors (Lipinski definition) is 0. The van der Waals surface area contributed by atoms with Crippen LogP contribution in [0.25, 0.3) is 0 Å². The van der Waals surface area contributed by atoms with Gasteiger partial charge in [0.1, 0.15) is 0 Å². The maximum atomic E-state index is 6.18. The summed E-state index contributed by atoms with van der Waals surface area (Å²) in [6.07, 6.45) is 0. The first kappa shape index (κ1) is 15.6. The van der Waals surface area contributed by atoms with E-state index < -0.39 is 0 Å². The Hall–Kier alpha value is -0.835. The Morgan fingerprint density at radius 2 is 1.50 bits per heavy atom. The highest BCUT2D eigenvalue weighted by Crippen LogP contribution is 2.37. The third kappa shape index (κ3) is 2.65. The Labute approximate surface area is 123 Å². The molecule has 4 heteroatoms. The first-order valence-corrected chi connectivity index (χ1v) is 7.26. The monoisotopic (exact) mass is 275 g/mol. The van der Waals surface area contributed by atoms with Gasteiger partial charge in [0.05, 0.1) is 11.2 Å². The molecule has 0 aliphatic carbocycles. The summed E-state index contributed by atoms with van der Waals surface area (Å²) in [4.78, 5) is 2.20. The summed E-state index contributed by atoms with van der Waals surface area (Å²) >= 11 is 0. The van der Waals surface area contributed by atoms with Gasteiger partial charge in [-0.05, 0) is 59.7 Å². The normalized spacial score (nSPS) is 22.3. The molecule has 0 aromatic heterocycles. The van der Waals surface area contributed by atoms with E-state index in [4.69, 9.17) is 9.31 Å². The minimum Gasteiger partial charge on any atom is -0.399 e. The molecular weight excluding hydrogens is 249 g/mol. The van der Waals surface area contributed by atoms with Crippen molar-refractivity contribution in [3.8, 4) is 0 Å². The number of hydrogen-bond acceptors (Lipinski definition) is 3. The standard InChI is InChI=1S/C16H26BNO2/c1-12(18(6)7)13-10-8-9-11-14(13)17-19-15(2,3)16(4,5)20-17/h8-12H,1-7H3. The molecule has 0 radical (unpaired) electrons. The second-order valence-corrected chi connectivity index (χ2v) is 6.86. The van der Waals surface area contributed by atoms with Gasteiger partial charge in [0.15, 0.2) is 0 Å². The van der Waals surface area contributed by atoms with Gasteiger partial charge in [-0.25, -0.2) is 0 Å². The lowest BCUT2D eigenvalue weighted by atomic mass is 9.74. The molecule has 1 aliphatic rings. The van der Waals surface area contributed by atoms with E-state index in [9.17, 15) is 0 Å². The molecule has 20 heavy (non-hydrogen) atoms. The zero-order valence-electron chi connectivity index (χ0n) is 13.7. The summed E-state index contributed by atoms with van der Waals surface area (Å²) in [6, 6.07) is 8.71. The number of nitrogens with zero attached hydrogens (tertiary/aromatic N) is 1. The quantitative estimate of drug-likeness (QED) is 0.791. The van der Waals surface area contributed by atoms with Crippen molar-refractivity contribution in [2.24, 2.45) is 0 Å². The molecule has 1 fully saturated rings. The Morgan fingerprint density at radius 1 is 1.00 bits per heavy atom. The van der Waals surface area contributed by atoms with E-state index in [0.717, 1.165) is 5.46 Å². The molecule has 1 aromatic rings. The van der Waals surface area contributed by atoms with Gasteiger partial charge in [-0.15, -0.1) is 0 Å². The summed E-state index contributed by atoms with van der Waals surface area (Å²) in [5.41, 5.74) is 1.79. The second kappa shape index (κ2) is 5.17. The van der Waals surface area contributed by atoms with Crippen LogP contribution in [0.15, 0.2) is 24.3 Å². The molecule has 2 rings (SSSR count). The van der Waals surface area contributed by atoms with Crippen molar-refractivity contribution in [3.05, 3.63) is 29.8 Å². The Kier molecular flexibility index (Phi) is 4.02. The van der Waals surface area contributed by atoms with Crippen molar-refractivity contribution in [2.75, 3.05) is 14.1 Å². The predicted octanol–water partition coefficient (Wildman–Crippen LogP) is 2.61. The molecule has 0 N–H and O–H groups in total. The largest absolute Gasteiger partial charge is 0.495 e. The van der Waals surface area contributed by atoms with Crippen molar-refractivity contribution in [2.45, 2.75) is 51.9 Å². The summed E-state index contributed by atoms with van der Waals surface area (Å²) in [6.45, 7) is 10.6. The predicted molar refractivity (Wildman–Crippen MR) is 84.3 cm³/mol. The molecule has 110 valence electrons. The Bertz CT molecular complexity index is 469. The molecule has 1 atom stereocenters. The molecule has 0 spiro atoms. The van der Waals surface area contributed by atoms with E-state index in [-0.39, 0.29) is 18.3 Å². The average Bonchev–Trinajstić information content (AvgIpc) is 2.57. The molecular formula is C16H26BNO2. The third-order valence-corrected chi connectivity index (χ3v) is 4.73. The lowest BCUT2D eigenvalue weighted by Crippen LogP contribution is -2.41. The molecule has 0 amide bonds. The van der Waals surface area contributed by atoms with Gasteiger partial charge in [-0.1, -0.05) is 24.3 Å². The van der Waals surface area contributed by atoms with Crippen molar-refractivity contribution in [3.63, 3.8) is 0 Å². The van der Waals surface area contributed by atoms with E-state index in [2.05, 4.69) is 71.8 Å². The van der Waals surface area contributed by atoms with Gasteiger partial charge in [-0.2, -0.15) is 0 Å². The van der Waals surface area contributed by atoms with E-state index in [1.165, 1.54) is 5.56 Å². The summed E-state index contributed by atoms with van der Waals surface area (Å²) in [7, 11) is 3.88. The molecule has 1 heterocycles. The maximum Gasteiger partial charge on any atom is 0.495 e. The Balaban J connectivity index is 2.36. The van der Waals surface area contributed by atoms with Gasteiger partial charge in [0.25, 0.3) is 0 Å². The van der Waals surface area contributed by atoms with Crippen LogP contribution in [0.3, 0.4) is 0 Å². The molecule has 0 bridgehead atoms. The minimum absolute atomic E-state index is 0.293. The molecule has 0 saturated carbocycles. The molecule has 1 aromatic carbocycles. The smallest absolute Gasteiger partial charge is 0.399 e. The fourth-order valence-electron chi connectivity index (χ4n) is 2.35. The second-order valence-electron chi connectivity index (χ2n) is 6.86. The number of rotatable bonds is 3. The maximum absolute atomic E-state index is 6.18. The van der Waals surface area contributed by atoms with E-state index >= 15 is 0 Å². The topological polar surface area (TPSA) is 21.7 Å². The van der Waals surface area contributed by atoms with Gasteiger partial charge >= 0.3 is 7.12 Å². The first-order valence-electron chi connectivity index (χ1n) is 7.26. The van der Waals surface area contributed by atoms with Gasteiger partial charge in [0, 0.05) is 6.04 Å². The van der Waals surface area contributed by atoms with Crippen LogP contribution in [0.2, 0.25) is 0 Å². The summed E-state index contributed by atoms with van der Waals surface area (Å²) < 4.78 is 12.4. The highest BCUT2D eigenvalue weighted by atomic mass is 16.7. The SMILES string of the molecule is CC(c1ccccc1B1OC(C)(C)C(C)(C)O1)N(C)C. The molecule has 1 unspecified atom stereocenters. The van der Waals surface area contributed by atoms with Crippen LogP contribution in [0.5, 0.6) is 0 Å². The van der Waals surface area contributed by atoms with Crippen LogP contribution in [-0.2, 0) is 9.31 Å². The van der Waals surface area contributed by atoms with Crippen LogP contribution in [0, 0.1) is 0 Å². The minimum atomic E-state index is -0.299. The number of benzene rings is 1. The van der Waals surface area contributed by atoms with E-state index in [1.54, 1.807) is 0 Å². The highest BCUT2D eigenvalue weighted by Gasteiger charge is 2.52. The average molecular weight is 275 g/mol. The van der Waals surface area contributed by atoms with Gasteiger partial charge < -0.3 is 14.2 Å². The van der Waals surface area contributed by atoms with Crippen LogP contribution < -0.4 is 5.46 Å². The highest BCUT2D eigenvalue weighted by molar-refractivity contribution is 6.62. The van der Waals surface area contributed by atoms with Crippen LogP contribution in [0.1, 0.15) is 46.2 Å². The lowest BCUT2D eigenvalue weighted by molar-refractivity contribution is 0.00578. The zero-order valence-corrected chi connectivity index (χ0v) is 13.7. The fourth-order valence-corrected chi connectivity index (χ4v) is 2.35. The first-order chi connectivity index (χ1) is 9.16. The lowest BCUT2D eigenvalue weighted by Gasteiger charge is -2.32. The van der Waals surface area contributed by atoms with Crippen LogP contribution in [-0.4, -0.2) is 37.3 Å².